The molecule has 0 heterocycles. The van der Waals surface area contributed by atoms with Crippen LogP contribution in [0.15, 0.2) is 0 Å². The molecule has 16 heavy (non-hydrogen) atoms. The summed E-state index contributed by atoms with van der Waals surface area (Å²) in [7, 11) is 0. The van der Waals surface area contributed by atoms with Crippen LogP contribution in [0.4, 0.5) is 0 Å². The highest BCUT2D eigenvalue weighted by molar-refractivity contribution is 9.09. The zero-order chi connectivity index (χ0) is 11.4. The van der Waals surface area contributed by atoms with Crippen molar-refractivity contribution in [1.82, 2.24) is 5.32 Å². The number of amides is 1. The summed E-state index contributed by atoms with van der Waals surface area (Å²) >= 11 is 3.66. The SMILES string of the molecule is O=C(NCC1CCC(Br)CC1)C1CCCC1. The zero-order valence-electron chi connectivity index (χ0n) is 9.88. The number of rotatable bonds is 3. The Kier molecular flexibility index (Phi) is 4.68. The van der Waals surface area contributed by atoms with E-state index in [2.05, 4.69) is 21.2 Å². The number of halogens is 1. The highest BCUT2D eigenvalue weighted by atomic mass is 79.9. The summed E-state index contributed by atoms with van der Waals surface area (Å²) in [6.07, 6.45) is 9.77. The maximum atomic E-state index is 11.8. The molecule has 0 atom stereocenters. The Morgan fingerprint density at radius 1 is 1.06 bits per heavy atom. The Balaban J connectivity index is 1.65. The van der Waals surface area contributed by atoms with E-state index < -0.39 is 0 Å². The molecule has 0 aromatic rings. The minimum absolute atomic E-state index is 0.318. The fourth-order valence-electron chi connectivity index (χ4n) is 2.90. The number of hydrogen-bond donors (Lipinski definition) is 1. The van der Waals surface area contributed by atoms with Crippen LogP contribution in [-0.4, -0.2) is 17.3 Å². The van der Waals surface area contributed by atoms with Crippen LogP contribution < -0.4 is 5.32 Å². The van der Waals surface area contributed by atoms with Gasteiger partial charge in [-0.05, 0) is 44.4 Å². The average molecular weight is 288 g/mol. The Labute approximate surface area is 107 Å². The predicted molar refractivity (Wildman–Crippen MR) is 69.6 cm³/mol. The van der Waals surface area contributed by atoms with E-state index in [0.29, 0.717) is 16.7 Å². The molecule has 2 aliphatic carbocycles. The lowest BCUT2D eigenvalue weighted by atomic mass is 9.89. The van der Waals surface area contributed by atoms with E-state index in [-0.39, 0.29) is 0 Å². The first-order valence-corrected chi connectivity index (χ1v) is 7.59. The third-order valence-corrected chi connectivity index (χ3v) is 4.98. The van der Waals surface area contributed by atoms with E-state index in [1.807, 2.05) is 0 Å². The normalized spacial score (nSPS) is 31.6. The first-order chi connectivity index (χ1) is 7.75. The van der Waals surface area contributed by atoms with Gasteiger partial charge in [0.2, 0.25) is 5.91 Å². The summed E-state index contributed by atoms with van der Waals surface area (Å²) < 4.78 is 0. The van der Waals surface area contributed by atoms with Gasteiger partial charge in [-0.25, -0.2) is 0 Å². The topological polar surface area (TPSA) is 29.1 Å². The maximum Gasteiger partial charge on any atom is 0.223 e. The van der Waals surface area contributed by atoms with Crippen LogP contribution >= 0.6 is 15.9 Å². The monoisotopic (exact) mass is 287 g/mol. The Hall–Kier alpha value is -0.0500. The molecule has 1 N–H and O–H groups in total. The van der Waals surface area contributed by atoms with Crippen molar-refractivity contribution in [3.05, 3.63) is 0 Å². The maximum absolute atomic E-state index is 11.8. The molecule has 3 heteroatoms. The molecule has 1 amide bonds. The summed E-state index contributed by atoms with van der Waals surface area (Å²) in [5.74, 6) is 1.37. The molecule has 0 spiro atoms. The molecule has 2 nitrogen and oxygen atoms in total. The molecular weight excluding hydrogens is 266 g/mol. The van der Waals surface area contributed by atoms with Crippen LogP contribution in [0.25, 0.3) is 0 Å². The lowest BCUT2D eigenvalue weighted by molar-refractivity contribution is -0.125. The minimum atomic E-state index is 0.318. The van der Waals surface area contributed by atoms with E-state index in [1.165, 1.54) is 38.5 Å². The van der Waals surface area contributed by atoms with Gasteiger partial charge in [-0.3, -0.25) is 4.79 Å². The van der Waals surface area contributed by atoms with Gasteiger partial charge in [-0.1, -0.05) is 28.8 Å². The van der Waals surface area contributed by atoms with Crippen molar-refractivity contribution in [2.45, 2.75) is 56.2 Å². The molecule has 0 aromatic heterocycles. The van der Waals surface area contributed by atoms with E-state index in [4.69, 9.17) is 0 Å². The van der Waals surface area contributed by atoms with Crippen LogP contribution in [0.2, 0.25) is 0 Å². The Morgan fingerprint density at radius 2 is 1.69 bits per heavy atom. The predicted octanol–water partition coefficient (Wildman–Crippen LogP) is 3.25. The van der Waals surface area contributed by atoms with Crippen LogP contribution in [0, 0.1) is 11.8 Å². The standard InChI is InChI=1S/C13H22BrNO/c14-12-7-5-10(6-8-12)9-15-13(16)11-3-1-2-4-11/h10-12H,1-9H2,(H,15,16). The lowest BCUT2D eigenvalue weighted by Gasteiger charge is -2.25. The Morgan fingerprint density at radius 3 is 2.31 bits per heavy atom. The zero-order valence-corrected chi connectivity index (χ0v) is 11.5. The van der Waals surface area contributed by atoms with Crippen LogP contribution in [-0.2, 0) is 4.79 Å². The van der Waals surface area contributed by atoms with Crippen molar-refractivity contribution in [2.24, 2.45) is 11.8 Å². The van der Waals surface area contributed by atoms with Gasteiger partial charge in [0.1, 0.15) is 0 Å². The molecule has 2 fully saturated rings. The number of nitrogens with one attached hydrogen (secondary N) is 1. The summed E-state index contributed by atoms with van der Waals surface area (Å²) in [6.45, 7) is 0.912. The summed E-state index contributed by atoms with van der Waals surface area (Å²) in [4.78, 5) is 12.5. The first kappa shape index (κ1) is 12.4. The molecule has 2 aliphatic rings. The average Bonchev–Trinajstić information content (AvgIpc) is 2.81. The molecule has 0 radical (unpaired) electrons. The van der Waals surface area contributed by atoms with Gasteiger partial charge >= 0.3 is 0 Å². The van der Waals surface area contributed by atoms with E-state index >= 15 is 0 Å². The van der Waals surface area contributed by atoms with Crippen LogP contribution in [0.3, 0.4) is 0 Å². The van der Waals surface area contributed by atoms with Crippen LogP contribution in [0.5, 0.6) is 0 Å². The molecule has 2 rings (SSSR count). The fraction of sp³-hybridized carbons (Fsp3) is 0.923. The number of carbonyl (C=O) groups excluding carboxylic acids is 1. The molecule has 0 saturated heterocycles. The third-order valence-electron chi connectivity index (χ3n) is 4.07. The number of carbonyl (C=O) groups is 1. The fourth-order valence-corrected chi connectivity index (χ4v) is 3.43. The second kappa shape index (κ2) is 6.04. The van der Waals surface area contributed by atoms with E-state index in [0.717, 1.165) is 25.3 Å². The number of hydrogen-bond acceptors (Lipinski definition) is 1. The van der Waals surface area contributed by atoms with Crippen LogP contribution in [0.1, 0.15) is 51.4 Å². The quantitative estimate of drug-likeness (QED) is 0.794. The van der Waals surface area contributed by atoms with Crippen molar-refractivity contribution >= 4 is 21.8 Å². The molecule has 0 aliphatic heterocycles. The largest absolute Gasteiger partial charge is 0.356 e. The lowest BCUT2D eigenvalue weighted by Crippen LogP contribution is -2.34. The number of alkyl halides is 1. The van der Waals surface area contributed by atoms with Gasteiger partial charge in [-0.2, -0.15) is 0 Å². The third kappa shape index (κ3) is 3.47. The highest BCUT2D eigenvalue weighted by Gasteiger charge is 2.24. The smallest absolute Gasteiger partial charge is 0.223 e. The minimum Gasteiger partial charge on any atom is -0.356 e. The summed E-state index contributed by atoms with van der Waals surface area (Å²) in [5.41, 5.74) is 0. The first-order valence-electron chi connectivity index (χ1n) is 6.67. The summed E-state index contributed by atoms with van der Waals surface area (Å²) in [6, 6.07) is 0. The molecule has 2 saturated carbocycles. The van der Waals surface area contributed by atoms with Crippen molar-refractivity contribution < 1.29 is 4.79 Å². The molecule has 0 unspecified atom stereocenters. The van der Waals surface area contributed by atoms with Gasteiger partial charge in [0.25, 0.3) is 0 Å². The highest BCUT2D eigenvalue weighted by Crippen LogP contribution is 2.29. The van der Waals surface area contributed by atoms with Crippen molar-refractivity contribution in [3.8, 4) is 0 Å². The second-order valence-electron chi connectivity index (χ2n) is 5.34. The van der Waals surface area contributed by atoms with Crippen molar-refractivity contribution in [3.63, 3.8) is 0 Å². The Bertz CT molecular complexity index is 230. The van der Waals surface area contributed by atoms with Crippen molar-refractivity contribution in [2.75, 3.05) is 6.54 Å². The molecular formula is C13H22BrNO. The molecule has 0 bridgehead atoms. The van der Waals surface area contributed by atoms with Gasteiger partial charge in [-0.15, -0.1) is 0 Å². The van der Waals surface area contributed by atoms with Gasteiger partial charge in [0.05, 0.1) is 0 Å². The van der Waals surface area contributed by atoms with E-state index in [1.54, 1.807) is 0 Å². The van der Waals surface area contributed by atoms with Gasteiger partial charge in [0, 0.05) is 17.3 Å². The molecule has 92 valence electrons. The van der Waals surface area contributed by atoms with E-state index in [9.17, 15) is 4.79 Å². The van der Waals surface area contributed by atoms with Gasteiger partial charge < -0.3 is 5.32 Å². The van der Waals surface area contributed by atoms with Crippen molar-refractivity contribution in [1.29, 1.82) is 0 Å². The second-order valence-corrected chi connectivity index (χ2v) is 6.64. The summed E-state index contributed by atoms with van der Waals surface area (Å²) in [5, 5.41) is 3.15. The van der Waals surface area contributed by atoms with Gasteiger partial charge in [0.15, 0.2) is 0 Å². The molecule has 0 aromatic carbocycles.